The first-order valence-electron chi connectivity index (χ1n) is 7.05. The summed E-state index contributed by atoms with van der Waals surface area (Å²) in [5, 5.41) is 3.57. The van der Waals surface area contributed by atoms with Crippen LogP contribution in [0.25, 0.3) is 0 Å². The van der Waals surface area contributed by atoms with Crippen molar-refractivity contribution in [3.8, 4) is 0 Å². The second-order valence-electron chi connectivity index (χ2n) is 5.16. The van der Waals surface area contributed by atoms with Crippen LogP contribution in [0.4, 0.5) is 5.82 Å². The summed E-state index contributed by atoms with van der Waals surface area (Å²) in [7, 11) is 0. The first-order valence-corrected chi connectivity index (χ1v) is 8.64. The van der Waals surface area contributed by atoms with Crippen molar-refractivity contribution in [2.45, 2.75) is 25.4 Å². The zero-order valence-corrected chi connectivity index (χ0v) is 14.7. The topological polar surface area (TPSA) is 41.3 Å². The highest BCUT2D eigenvalue weighted by molar-refractivity contribution is 9.13. The second-order valence-corrected chi connectivity index (χ2v) is 6.74. The van der Waals surface area contributed by atoms with Crippen molar-refractivity contribution >= 4 is 37.7 Å². The third-order valence-corrected chi connectivity index (χ3v) is 5.44. The quantitative estimate of drug-likeness (QED) is 0.821. The number of hydrogen-bond donors (Lipinski definition) is 1. The van der Waals surface area contributed by atoms with Crippen LogP contribution in [0.15, 0.2) is 44.0 Å². The van der Waals surface area contributed by atoms with Crippen molar-refractivity contribution < 1.29 is 4.42 Å². The molecule has 112 valence electrons. The minimum absolute atomic E-state index is 0.535. The lowest BCUT2D eigenvalue weighted by Crippen LogP contribution is -2.42. The van der Waals surface area contributed by atoms with Gasteiger partial charge in [0.15, 0.2) is 4.67 Å². The van der Waals surface area contributed by atoms with Gasteiger partial charge in [-0.15, -0.1) is 0 Å². The van der Waals surface area contributed by atoms with Crippen molar-refractivity contribution in [3.05, 3.63) is 45.4 Å². The van der Waals surface area contributed by atoms with Crippen molar-refractivity contribution in [1.82, 2.24) is 10.3 Å². The van der Waals surface area contributed by atoms with Crippen molar-refractivity contribution in [3.63, 3.8) is 0 Å². The molecule has 4 nitrogen and oxygen atoms in total. The smallest absolute Gasteiger partial charge is 0.183 e. The summed E-state index contributed by atoms with van der Waals surface area (Å²) >= 11 is 6.79. The van der Waals surface area contributed by atoms with E-state index in [9.17, 15) is 0 Å². The Balaban J connectivity index is 1.48. The molecule has 0 atom stereocenters. The van der Waals surface area contributed by atoms with E-state index in [4.69, 9.17) is 4.42 Å². The van der Waals surface area contributed by atoms with E-state index < -0.39 is 0 Å². The fourth-order valence-electron chi connectivity index (χ4n) is 2.58. The molecule has 0 radical (unpaired) electrons. The Labute approximate surface area is 141 Å². The van der Waals surface area contributed by atoms with Crippen molar-refractivity contribution in [2.24, 2.45) is 0 Å². The van der Waals surface area contributed by atoms with Crippen LogP contribution in [-0.4, -0.2) is 24.1 Å². The maximum absolute atomic E-state index is 5.58. The van der Waals surface area contributed by atoms with E-state index in [0.717, 1.165) is 53.2 Å². The molecule has 1 fully saturated rings. The molecule has 1 N–H and O–H groups in total. The number of nitrogens with one attached hydrogen (secondary N) is 1. The standard InChI is InChI=1S/C15H17Br2N3O/c16-13-9-12(21-15(13)17)10-19-11-4-7-20(8-5-11)14-3-1-2-6-18-14/h1-3,6,9,11,19H,4-5,7-8,10H2. The summed E-state index contributed by atoms with van der Waals surface area (Å²) in [5.41, 5.74) is 0. The second kappa shape index (κ2) is 6.94. The monoisotopic (exact) mass is 413 g/mol. The Morgan fingerprint density at radius 2 is 2.10 bits per heavy atom. The third-order valence-electron chi connectivity index (χ3n) is 3.73. The van der Waals surface area contributed by atoms with E-state index in [1.165, 1.54) is 0 Å². The van der Waals surface area contributed by atoms with E-state index in [1.807, 2.05) is 24.4 Å². The lowest BCUT2D eigenvalue weighted by molar-refractivity contribution is 0.384. The maximum Gasteiger partial charge on any atom is 0.183 e. The fraction of sp³-hybridized carbons (Fsp3) is 0.400. The first-order chi connectivity index (χ1) is 10.2. The molecule has 3 heterocycles. The number of anilines is 1. The summed E-state index contributed by atoms with van der Waals surface area (Å²) in [6, 6.07) is 8.61. The van der Waals surface area contributed by atoms with E-state index in [1.54, 1.807) is 0 Å². The van der Waals surface area contributed by atoms with Crippen LogP contribution in [0, 0.1) is 0 Å². The Bertz CT molecular complexity index is 560. The van der Waals surface area contributed by atoms with Gasteiger partial charge in [0.05, 0.1) is 11.0 Å². The molecular formula is C15H17Br2N3O. The molecule has 0 unspecified atom stereocenters. The molecule has 0 spiro atoms. The maximum atomic E-state index is 5.58. The van der Waals surface area contributed by atoms with Crippen LogP contribution in [0.1, 0.15) is 18.6 Å². The molecule has 0 saturated carbocycles. The van der Waals surface area contributed by atoms with Crippen LogP contribution in [-0.2, 0) is 6.54 Å². The van der Waals surface area contributed by atoms with Gasteiger partial charge < -0.3 is 14.6 Å². The van der Waals surface area contributed by atoms with E-state index in [-0.39, 0.29) is 0 Å². The molecule has 1 aliphatic heterocycles. The molecule has 0 aliphatic carbocycles. The zero-order chi connectivity index (χ0) is 14.7. The van der Waals surface area contributed by atoms with E-state index >= 15 is 0 Å². The number of piperidine rings is 1. The van der Waals surface area contributed by atoms with Crippen molar-refractivity contribution in [2.75, 3.05) is 18.0 Å². The molecule has 0 aromatic carbocycles. The molecule has 2 aromatic heterocycles. The molecule has 2 aromatic rings. The lowest BCUT2D eigenvalue weighted by atomic mass is 10.0. The van der Waals surface area contributed by atoms with Crippen LogP contribution >= 0.6 is 31.9 Å². The number of furan rings is 1. The first kappa shape index (κ1) is 15.1. The predicted octanol–water partition coefficient (Wildman–Crippen LogP) is 3.96. The summed E-state index contributed by atoms with van der Waals surface area (Å²) in [4.78, 5) is 6.76. The average Bonchev–Trinajstić information content (AvgIpc) is 2.85. The summed E-state index contributed by atoms with van der Waals surface area (Å²) in [5.74, 6) is 2.02. The van der Waals surface area contributed by atoms with Crippen molar-refractivity contribution in [1.29, 1.82) is 0 Å². The van der Waals surface area contributed by atoms with E-state index in [0.29, 0.717) is 6.04 Å². The highest BCUT2D eigenvalue weighted by atomic mass is 79.9. The molecule has 0 amide bonds. The zero-order valence-electron chi connectivity index (χ0n) is 11.6. The van der Waals surface area contributed by atoms with Gasteiger partial charge in [0.2, 0.25) is 0 Å². The number of nitrogens with zero attached hydrogens (tertiary/aromatic N) is 2. The largest absolute Gasteiger partial charge is 0.452 e. The summed E-state index contributed by atoms with van der Waals surface area (Å²) in [6.45, 7) is 2.85. The highest BCUT2D eigenvalue weighted by Crippen LogP contribution is 2.27. The molecule has 0 bridgehead atoms. The van der Waals surface area contributed by atoms with Gasteiger partial charge in [0, 0.05) is 25.3 Å². The molecule has 21 heavy (non-hydrogen) atoms. The molecule has 3 rings (SSSR count). The fourth-order valence-corrected chi connectivity index (χ4v) is 3.24. The van der Waals surface area contributed by atoms with Crippen LogP contribution in [0.2, 0.25) is 0 Å². The van der Waals surface area contributed by atoms with Crippen LogP contribution in [0.5, 0.6) is 0 Å². The normalized spacial score (nSPS) is 16.4. The Morgan fingerprint density at radius 3 is 2.71 bits per heavy atom. The van der Waals surface area contributed by atoms with Gasteiger partial charge in [-0.05, 0) is 62.9 Å². The molecule has 1 aliphatic rings. The lowest BCUT2D eigenvalue weighted by Gasteiger charge is -2.33. The highest BCUT2D eigenvalue weighted by Gasteiger charge is 2.20. The SMILES string of the molecule is Brc1cc(CNC2CCN(c3ccccn3)CC2)oc1Br. The van der Waals surface area contributed by atoms with Crippen LogP contribution in [0.3, 0.4) is 0 Å². The van der Waals surface area contributed by atoms with E-state index in [2.05, 4.69) is 53.1 Å². The van der Waals surface area contributed by atoms with Crippen LogP contribution < -0.4 is 10.2 Å². The molecular weight excluding hydrogens is 398 g/mol. The Morgan fingerprint density at radius 1 is 1.29 bits per heavy atom. The number of hydrogen-bond acceptors (Lipinski definition) is 4. The number of aromatic nitrogens is 1. The Hall–Kier alpha value is -0.850. The van der Waals surface area contributed by atoms with Gasteiger partial charge in [-0.25, -0.2) is 4.98 Å². The number of halogens is 2. The van der Waals surface area contributed by atoms with Gasteiger partial charge in [0.25, 0.3) is 0 Å². The predicted molar refractivity (Wildman–Crippen MR) is 90.4 cm³/mol. The average molecular weight is 415 g/mol. The molecule has 6 heteroatoms. The van der Waals surface area contributed by atoms with Gasteiger partial charge in [-0.3, -0.25) is 0 Å². The minimum Gasteiger partial charge on any atom is -0.452 e. The van der Waals surface area contributed by atoms with Gasteiger partial charge in [-0.2, -0.15) is 0 Å². The molecule has 1 saturated heterocycles. The number of rotatable bonds is 4. The van der Waals surface area contributed by atoms with Gasteiger partial charge in [0.1, 0.15) is 11.6 Å². The minimum atomic E-state index is 0.535. The summed E-state index contributed by atoms with van der Waals surface area (Å²) in [6.07, 6.45) is 4.10. The Kier molecular flexibility index (Phi) is 4.98. The number of pyridine rings is 1. The summed E-state index contributed by atoms with van der Waals surface area (Å²) < 4.78 is 7.30. The van der Waals surface area contributed by atoms with Gasteiger partial charge in [-0.1, -0.05) is 6.07 Å². The third kappa shape index (κ3) is 3.87. The van der Waals surface area contributed by atoms with Gasteiger partial charge >= 0.3 is 0 Å².